The van der Waals surface area contributed by atoms with Gasteiger partial charge >= 0.3 is 0 Å². The van der Waals surface area contributed by atoms with Gasteiger partial charge in [-0.05, 0) is 0 Å². The lowest BCUT2D eigenvalue weighted by molar-refractivity contribution is 0.394. The summed E-state index contributed by atoms with van der Waals surface area (Å²) in [5.41, 5.74) is 0.959. The van der Waals surface area contributed by atoms with E-state index in [9.17, 15) is 0 Å². The van der Waals surface area contributed by atoms with Gasteiger partial charge in [0.05, 0.1) is 14.2 Å². The van der Waals surface area contributed by atoms with Crippen LogP contribution in [0.1, 0.15) is 0 Å². The molecule has 1 rings (SSSR count). The molecule has 3 nitrogen and oxygen atoms in total. The average Bonchev–Trinajstić information content (AvgIpc) is 2.25. The standard InChI is InChI=1S/C11H15NO2/c1-4-5-12-9-6-10(13-2)8-11(7-9)14-3/h4,6-8,12H,1,5H2,2-3H3. The Balaban J connectivity index is 2.86. The van der Waals surface area contributed by atoms with Crippen LogP contribution in [-0.2, 0) is 0 Å². The van der Waals surface area contributed by atoms with E-state index in [1.165, 1.54) is 0 Å². The maximum absolute atomic E-state index is 5.13. The first kappa shape index (κ1) is 10.4. The van der Waals surface area contributed by atoms with E-state index < -0.39 is 0 Å². The molecule has 1 N–H and O–H groups in total. The van der Waals surface area contributed by atoms with Gasteiger partial charge in [-0.3, -0.25) is 0 Å². The summed E-state index contributed by atoms with van der Waals surface area (Å²) in [6.45, 7) is 4.35. The molecule has 0 radical (unpaired) electrons. The van der Waals surface area contributed by atoms with Crippen LogP contribution in [0.5, 0.6) is 11.5 Å². The summed E-state index contributed by atoms with van der Waals surface area (Å²) in [5.74, 6) is 1.55. The van der Waals surface area contributed by atoms with Crippen LogP contribution >= 0.6 is 0 Å². The lowest BCUT2D eigenvalue weighted by atomic mass is 10.2. The second-order valence-electron chi connectivity index (χ2n) is 2.77. The number of hydrogen-bond acceptors (Lipinski definition) is 3. The van der Waals surface area contributed by atoms with E-state index in [1.54, 1.807) is 20.3 Å². The first-order valence-corrected chi connectivity index (χ1v) is 4.38. The van der Waals surface area contributed by atoms with Gasteiger partial charge in [0.15, 0.2) is 0 Å². The van der Waals surface area contributed by atoms with Gasteiger partial charge in [-0.2, -0.15) is 0 Å². The molecular weight excluding hydrogens is 178 g/mol. The minimum atomic E-state index is 0.719. The maximum Gasteiger partial charge on any atom is 0.124 e. The number of anilines is 1. The van der Waals surface area contributed by atoms with Crippen LogP contribution in [0.4, 0.5) is 5.69 Å². The number of hydrogen-bond donors (Lipinski definition) is 1. The maximum atomic E-state index is 5.13. The zero-order valence-corrected chi connectivity index (χ0v) is 8.54. The number of methoxy groups -OCH3 is 2. The predicted molar refractivity (Wildman–Crippen MR) is 58.2 cm³/mol. The highest BCUT2D eigenvalue weighted by Crippen LogP contribution is 2.25. The van der Waals surface area contributed by atoms with Gasteiger partial charge in [-0.1, -0.05) is 6.08 Å². The summed E-state index contributed by atoms with van der Waals surface area (Å²) in [6.07, 6.45) is 1.80. The normalized spacial score (nSPS) is 9.29. The lowest BCUT2D eigenvalue weighted by Gasteiger charge is -2.08. The minimum absolute atomic E-state index is 0.719. The zero-order chi connectivity index (χ0) is 10.4. The van der Waals surface area contributed by atoms with Crippen LogP contribution in [0.15, 0.2) is 30.9 Å². The quantitative estimate of drug-likeness (QED) is 0.728. The molecule has 3 heteroatoms. The molecule has 0 aliphatic rings. The summed E-state index contributed by atoms with van der Waals surface area (Å²) in [7, 11) is 3.26. The van der Waals surface area contributed by atoms with Crippen molar-refractivity contribution < 1.29 is 9.47 Å². The van der Waals surface area contributed by atoms with Crippen LogP contribution in [0.2, 0.25) is 0 Å². The Morgan fingerprint density at radius 1 is 1.21 bits per heavy atom. The van der Waals surface area contributed by atoms with Gasteiger partial charge < -0.3 is 14.8 Å². The average molecular weight is 193 g/mol. The third-order valence-corrected chi connectivity index (χ3v) is 1.80. The van der Waals surface area contributed by atoms with Gasteiger partial charge in [0.2, 0.25) is 0 Å². The fourth-order valence-corrected chi connectivity index (χ4v) is 1.10. The predicted octanol–water partition coefficient (Wildman–Crippen LogP) is 2.30. The van der Waals surface area contributed by atoms with E-state index in [0.717, 1.165) is 23.7 Å². The van der Waals surface area contributed by atoms with E-state index in [4.69, 9.17) is 9.47 Å². The molecule has 0 saturated carbocycles. The third kappa shape index (κ3) is 2.69. The van der Waals surface area contributed by atoms with E-state index in [1.807, 2.05) is 18.2 Å². The molecule has 76 valence electrons. The highest BCUT2D eigenvalue weighted by Gasteiger charge is 1.99. The molecule has 1 aromatic rings. The fourth-order valence-electron chi connectivity index (χ4n) is 1.10. The van der Waals surface area contributed by atoms with Crippen LogP contribution in [0.25, 0.3) is 0 Å². The first-order chi connectivity index (χ1) is 6.80. The SMILES string of the molecule is C=CCNc1cc(OC)cc(OC)c1. The summed E-state index contributed by atoms with van der Waals surface area (Å²) in [4.78, 5) is 0. The molecule has 0 aliphatic heterocycles. The van der Waals surface area contributed by atoms with Crippen molar-refractivity contribution in [3.63, 3.8) is 0 Å². The monoisotopic (exact) mass is 193 g/mol. The van der Waals surface area contributed by atoms with Crippen molar-refractivity contribution in [3.05, 3.63) is 30.9 Å². The molecule has 0 unspecified atom stereocenters. The Kier molecular flexibility index (Phi) is 3.85. The number of rotatable bonds is 5. The third-order valence-electron chi connectivity index (χ3n) is 1.80. The highest BCUT2D eigenvalue weighted by atomic mass is 16.5. The zero-order valence-electron chi connectivity index (χ0n) is 8.54. The fraction of sp³-hybridized carbons (Fsp3) is 0.273. The Bertz CT molecular complexity index is 288. The lowest BCUT2D eigenvalue weighted by Crippen LogP contribution is -1.98. The minimum Gasteiger partial charge on any atom is -0.497 e. The van der Waals surface area contributed by atoms with Crippen molar-refractivity contribution in [2.24, 2.45) is 0 Å². The Hall–Kier alpha value is -1.64. The Morgan fingerprint density at radius 3 is 2.21 bits per heavy atom. The second kappa shape index (κ2) is 5.17. The molecule has 0 heterocycles. The Morgan fingerprint density at radius 2 is 1.79 bits per heavy atom. The van der Waals surface area contributed by atoms with Crippen molar-refractivity contribution >= 4 is 5.69 Å². The van der Waals surface area contributed by atoms with Gasteiger partial charge in [0.1, 0.15) is 11.5 Å². The topological polar surface area (TPSA) is 30.5 Å². The van der Waals surface area contributed by atoms with Gasteiger partial charge in [0.25, 0.3) is 0 Å². The number of benzene rings is 1. The van der Waals surface area contributed by atoms with Crippen molar-refractivity contribution in [2.45, 2.75) is 0 Å². The van der Waals surface area contributed by atoms with Crippen molar-refractivity contribution in [2.75, 3.05) is 26.1 Å². The smallest absolute Gasteiger partial charge is 0.124 e. The summed E-state index contributed by atoms with van der Waals surface area (Å²) < 4.78 is 10.3. The highest BCUT2D eigenvalue weighted by molar-refractivity contribution is 5.53. The van der Waals surface area contributed by atoms with Crippen LogP contribution < -0.4 is 14.8 Å². The molecule has 0 amide bonds. The van der Waals surface area contributed by atoms with Gasteiger partial charge in [-0.15, -0.1) is 6.58 Å². The number of nitrogens with one attached hydrogen (secondary N) is 1. The van der Waals surface area contributed by atoms with Crippen LogP contribution in [0.3, 0.4) is 0 Å². The van der Waals surface area contributed by atoms with Crippen LogP contribution in [0, 0.1) is 0 Å². The molecular formula is C11H15NO2. The molecule has 0 saturated heterocycles. The summed E-state index contributed by atoms with van der Waals surface area (Å²) >= 11 is 0. The molecule has 0 aromatic heterocycles. The molecule has 1 aromatic carbocycles. The first-order valence-electron chi connectivity index (χ1n) is 4.38. The second-order valence-corrected chi connectivity index (χ2v) is 2.77. The molecule has 0 aliphatic carbocycles. The summed E-state index contributed by atoms with van der Waals surface area (Å²) in [6, 6.07) is 5.65. The molecule has 0 bridgehead atoms. The number of ether oxygens (including phenoxy) is 2. The van der Waals surface area contributed by atoms with Crippen molar-refractivity contribution in [1.82, 2.24) is 0 Å². The van der Waals surface area contributed by atoms with Crippen molar-refractivity contribution in [3.8, 4) is 11.5 Å². The van der Waals surface area contributed by atoms with E-state index in [-0.39, 0.29) is 0 Å². The molecule has 14 heavy (non-hydrogen) atoms. The summed E-state index contributed by atoms with van der Waals surface area (Å²) in [5, 5.41) is 3.17. The van der Waals surface area contributed by atoms with E-state index >= 15 is 0 Å². The molecule has 0 spiro atoms. The molecule has 0 atom stereocenters. The molecule has 0 fully saturated rings. The van der Waals surface area contributed by atoms with Gasteiger partial charge in [-0.25, -0.2) is 0 Å². The van der Waals surface area contributed by atoms with E-state index in [2.05, 4.69) is 11.9 Å². The van der Waals surface area contributed by atoms with Gasteiger partial charge in [0, 0.05) is 30.4 Å². The van der Waals surface area contributed by atoms with Crippen LogP contribution in [-0.4, -0.2) is 20.8 Å². The Labute approximate surface area is 84.3 Å². The van der Waals surface area contributed by atoms with Crippen molar-refractivity contribution in [1.29, 1.82) is 0 Å². The van der Waals surface area contributed by atoms with E-state index in [0.29, 0.717) is 0 Å². The largest absolute Gasteiger partial charge is 0.497 e.